The van der Waals surface area contributed by atoms with E-state index >= 15 is 0 Å². The van der Waals surface area contributed by atoms with Crippen molar-refractivity contribution in [3.63, 3.8) is 0 Å². The van der Waals surface area contributed by atoms with Crippen LogP contribution in [0.3, 0.4) is 0 Å². The number of carbonyl (C=O) groups is 1. The van der Waals surface area contributed by atoms with Gasteiger partial charge in [0, 0.05) is 24.0 Å². The summed E-state index contributed by atoms with van der Waals surface area (Å²) >= 11 is 1.60. The summed E-state index contributed by atoms with van der Waals surface area (Å²) in [4.78, 5) is 16.3. The van der Waals surface area contributed by atoms with Crippen LogP contribution in [-0.2, 0) is 4.79 Å². The lowest BCUT2D eigenvalue weighted by Crippen LogP contribution is -2.36. The molecule has 0 radical (unpaired) electrons. The van der Waals surface area contributed by atoms with Crippen molar-refractivity contribution >= 4 is 29.7 Å². The lowest BCUT2D eigenvalue weighted by Gasteiger charge is -2.15. The Morgan fingerprint density at radius 1 is 1.38 bits per heavy atom. The summed E-state index contributed by atoms with van der Waals surface area (Å²) in [6.45, 7) is 4.59. The molecule has 0 fully saturated rings. The fraction of sp³-hybridized carbons (Fsp3) is 0.333. The zero-order valence-electron chi connectivity index (χ0n) is 12.1. The minimum atomic E-state index is -0.626. The average Bonchev–Trinajstić information content (AvgIpc) is 2.98. The van der Waals surface area contributed by atoms with Crippen molar-refractivity contribution in [2.45, 2.75) is 25.8 Å². The van der Waals surface area contributed by atoms with Crippen LogP contribution in [0.4, 0.5) is 0 Å². The molecule has 2 rings (SSSR count). The molecule has 1 heterocycles. The van der Waals surface area contributed by atoms with E-state index in [1.165, 1.54) is 0 Å². The average molecular weight is 326 g/mol. The molecule has 1 amide bonds. The maximum Gasteiger partial charge on any atom is 0.241 e. The molecule has 21 heavy (non-hydrogen) atoms. The Morgan fingerprint density at radius 2 is 2.05 bits per heavy atom. The highest BCUT2D eigenvalue weighted by atomic mass is 35.5. The first-order chi connectivity index (χ1) is 9.58. The molecule has 0 bridgehead atoms. The van der Waals surface area contributed by atoms with Gasteiger partial charge in [0.05, 0.1) is 5.01 Å². The first-order valence-electron chi connectivity index (χ1n) is 6.57. The molecular formula is C15H20ClN3OS. The number of nitrogens with zero attached hydrogens (tertiary/aromatic N) is 1. The number of nitrogens with two attached hydrogens (primary N) is 1. The molecule has 0 aliphatic heterocycles. The van der Waals surface area contributed by atoms with E-state index in [-0.39, 0.29) is 24.2 Å². The Morgan fingerprint density at radius 3 is 2.62 bits per heavy atom. The first kappa shape index (κ1) is 17.6. The van der Waals surface area contributed by atoms with Gasteiger partial charge in [-0.05, 0) is 12.5 Å². The van der Waals surface area contributed by atoms with Crippen molar-refractivity contribution < 1.29 is 4.79 Å². The number of nitrogens with one attached hydrogen (secondary N) is 1. The zero-order chi connectivity index (χ0) is 14.5. The molecule has 2 aromatic rings. The smallest absolute Gasteiger partial charge is 0.241 e. The molecule has 3 N–H and O–H groups in total. The van der Waals surface area contributed by atoms with Crippen LogP contribution in [0.2, 0.25) is 0 Å². The fourth-order valence-electron chi connectivity index (χ4n) is 1.85. The summed E-state index contributed by atoms with van der Waals surface area (Å²) < 4.78 is 0. The van der Waals surface area contributed by atoms with Gasteiger partial charge in [0.1, 0.15) is 6.04 Å². The van der Waals surface area contributed by atoms with Gasteiger partial charge in [-0.25, -0.2) is 4.98 Å². The van der Waals surface area contributed by atoms with Crippen molar-refractivity contribution in [1.82, 2.24) is 10.3 Å². The summed E-state index contributed by atoms with van der Waals surface area (Å²) in [7, 11) is 0. The van der Waals surface area contributed by atoms with Crippen LogP contribution in [-0.4, -0.2) is 17.4 Å². The van der Waals surface area contributed by atoms with Crippen LogP contribution in [0, 0.1) is 6.92 Å². The number of halogens is 1. The molecule has 2 atom stereocenters. The van der Waals surface area contributed by atoms with Gasteiger partial charge in [-0.15, -0.1) is 23.7 Å². The van der Waals surface area contributed by atoms with E-state index in [1.807, 2.05) is 43.5 Å². The summed E-state index contributed by atoms with van der Waals surface area (Å²) in [5.41, 5.74) is 7.95. The minimum absolute atomic E-state index is 0. The van der Waals surface area contributed by atoms with Gasteiger partial charge in [0.2, 0.25) is 5.91 Å². The van der Waals surface area contributed by atoms with Gasteiger partial charge in [0.25, 0.3) is 0 Å². The molecule has 0 saturated heterocycles. The summed E-state index contributed by atoms with van der Waals surface area (Å²) in [6.07, 6.45) is 1.77. The Labute approximate surface area is 135 Å². The second-order valence-corrected chi connectivity index (χ2v) is 5.83. The van der Waals surface area contributed by atoms with Crippen LogP contribution in [0.25, 0.3) is 0 Å². The molecule has 2 unspecified atom stereocenters. The van der Waals surface area contributed by atoms with Gasteiger partial charge < -0.3 is 11.1 Å². The standard InChI is InChI=1S/C15H19N3OS.ClH/c1-10-3-5-12(6-4-10)13(16)14(19)18-9-11(2)15-17-7-8-20-15;/h3-8,11,13H,9,16H2,1-2H3,(H,18,19);1H. The van der Waals surface area contributed by atoms with E-state index in [1.54, 1.807) is 17.5 Å². The van der Waals surface area contributed by atoms with E-state index in [0.717, 1.165) is 16.1 Å². The first-order valence-corrected chi connectivity index (χ1v) is 7.45. The van der Waals surface area contributed by atoms with Crippen LogP contribution in [0.15, 0.2) is 35.8 Å². The fourth-order valence-corrected chi connectivity index (χ4v) is 2.55. The van der Waals surface area contributed by atoms with E-state index < -0.39 is 6.04 Å². The quantitative estimate of drug-likeness (QED) is 0.888. The van der Waals surface area contributed by atoms with E-state index in [0.29, 0.717) is 6.54 Å². The van der Waals surface area contributed by atoms with Crippen molar-refractivity contribution in [1.29, 1.82) is 0 Å². The Kier molecular flexibility index (Phi) is 6.81. The Bertz CT molecular complexity index is 557. The molecule has 4 nitrogen and oxygen atoms in total. The molecule has 0 spiro atoms. The lowest BCUT2D eigenvalue weighted by atomic mass is 10.1. The van der Waals surface area contributed by atoms with E-state index in [9.17, 15) is 4.79 Å². The monoisotopic (exact) mass is 325 g/mol. The third kappa shape index (κ3) is 4.81. The number of rotatable bonds is 5. The molecular weight excluding hydrogens is 306 g/mol. The van der Waals surface area contributed by atoms with Crippen molar-refractivity contribution in [2.75, 3.05) is 6.54 Å². The number of hydrogen-bond acceptors (Lipinski definition) is 4. The number of thiazole rings is 1. The number of carbonyl (C=O) groups excluding carboxylic acids is 1. The predicted octanol–water partition coefficient (Wildman–Crippen LogP) is 2.79. The lowest BCUT2D eigenvalue weighted by molar-refractivity contribution is -0.122. The van der Waals surface area contributed by atoms with Crippen LogP contribution in [0.5, 0.6) is 0 Å². The van der Waals surface area contributed by atoms with Gasteiger partial charge in [-0.3, -0.25) is 4.79 Å². The topological polar surface area (TPSA) is 68.0 Å². The highest BCUT2D eigenvalue weighted by Crippen LogP contribution is 2.17. The van der Waals surface area contributed by atoms with Gasteiger partial charge >= 0.3 is 0 Å². The third-order valence-electron chi connectivity index (χ3n) is 3.17. The molecule has 0 saturated carbocycles. The van der Waals surface area contributed by atoms with Crippen LogP contribution in [0.1, 0.15) is 35.0 Å². The van der Waals surface area contributed by atoms with Crippen LogP contribution >= 0.6 is 23.7 Å². The number of amides is 1. The highest BCUT2D eigenvalue weighted by Gasteiger charge is 2.17. The van der Waals surface area contributed by atoms with Crippen LogP contribution < -0.4 is 11.1 Å². The largest absolute Gasteiger partial charge is 0.354 e. The normalized spacial score (nSPS) is 13.1. The molecule has 0 aliphatic carbocycles. The van der Waals surface area contributed by atoms with Gasteiger partial charge in [0.15, 0.2) is 0 Å². The second-order valence-electron chi connectivity index (χ2n) is 4.90. The summed E-state index contributed by atoms with van der Waals surface area (Å²) in [5, 5.41) is 5.84. The maximum atomic E-state index is 12.0. The molecule has 1 aromatic carbocycles. The number of benzene rings is 1. The molecule has 0 aliphatic rings. The van der Waals surface area contributed by atoms with Gasteiger partial charge in [-0.2, -0.15) is 0 Å². The predicted molar refractivity (Wildman–Crippen MR) is 88.9 cm³/mol. The van der Waals surface area contributed by atoms with E-state index in [4.69, 9.17) is 5.73 Å². The number of aryl methyl sites for hydroxylation is 1. The van der Waals surface area contributed by atoms with E-state index in [2.05, 4.69) is 10.3 Å². The van der Waals surface area contributed by atoms with Crippen molar-refractivity contribution in [3.05, 3.63) is 52.0 Å². The molecule has 114 valence electrons. The maximum absolute atomic E-state index is 12.0. The Hall–Kier alpha value is -1.43. The van der Waals surface area contributed by atoms with Crippen molar-refractivity contribution in [3.8, 4) is 0 Å². The highest BCUT2D eigenvalue weighted by molar-refractivity contribution is 7.09. The molecule has 6 heteroatoms. The van der Waals surface area contributed by atoms with Gasteiger partial charge in [-0.1, -0.05) is 36.8 Å². The minimum Gasteiger partial charge on any atom is -0.354 e. The zero-order valence-corrected chi connectivity index (χ0v) is 13.7. The SMILES string of the molecule is Cc1ccc(C(N)C(=O)NCC(C)c2nccs2)cc1.Cl. The number of aromatic nitrogens is 1. The second kappa shape index (κ2) is 8.12. The Balaban J connectivity index is 0.00000220. The third-order valence-corrected chi connectivity index (χ3v) is 4.18. The molecule has 1 aromatic heterocycles. The number of hydrogen-bond donors (Lipinski definition) is 2. The van der Waals surface area contributed by atoms with Crippen molar-refractivity contribution in [2.24, 2.45) is 5.73 Å². The summed E-state index contributed by atoms with van der Waals surface area (Å²) in [5.74, 6) is 0.0430. The summed E-state index contributed by atoms with van der Waals surface area (Å²) in [6, 6.07) is 7.08.